The van der Waals surface area contributed by atoms with Crippen LogP contribution in [0.2, 0.25) is 0 Å². The van der Waals surface area contributed by atoms with E-state index in [0.29, 0.717) is 11.7 Å². The molecule has 1 aromatic rings. The molecule has 1 fully saturated rings. The Balaban J connectivity index is 2.08. The molecule has 116 valence electrons. The molecule has 5 heteroatoms. The summed E-state index contributed by atoms with van der Waals surface area (Å²) in [6.45, 7) is 4.74. The molecule has 0 spiro atoms. The fourth-order valence-corrected chi connectivity index (χ4v) is 2.77. The number of hydrogen-bond donors (Lipinski definition) is 1. The molecule has 2 rings (SSSR count). The van der Waals surface area contributed by atoms with Gasteiger partial charge >= 0.3 is 0 Å². The van der Waals surface area contributed by atoms with Gasteiger partial charge in [0.15, 0.2) is 0 Å². The first-order valence-corrected chi connectivity index (χ1v) is 7.78. The lowest BCUT2D eigenvalue weighted by Crippen LogP contribution is -2.41. The minimum absolute atomic E-state index is 0.0551. The summed E-state index contributed by atoms with van der Waals surface area (Å²) in [4.78, 5) is 21.3. The maximum atomic E-state index is 12.7. The lowest BCUT2D eigenvalue weighted by molar-refractivity contribution is 0.0710. The molecule has 1 N–H and O–H groups in total. The monoisotopic (exact) mass is 290 g/mol. The molecule has 0 aliphatic carbocycles. The molecular weight excluding hydrogens is 264 g/mol. The smallest absolute Gasteiger partial charge is 0.272 e. The minimum atomic E-state index is 0.0551. The van der Waals surface area contributed by atoms with Crippen LogP contribution in [0.3, 0.4) is 0 Å². The van der Waals surface area contributed by atoms with Gasteiger partial charge < -0.3 is 15.1 Å². The van der Waals surface area contributed by atoms with Crippen LogP contribution in [0.5, 0.6) is 0 Å². The third kappa shape index (κ3) is 4.17. The van der Waals surface area contributed by atoms with E-state index >= 15 is 0 Å². The van der Waals surface area contributed by atoms with Crippen molar-refractivity contribution >= 4 is 11.7 Å². The predicted molar refractivity (Wildman–Crippen MR) is 85.6 cm³/mol. The number of amides is 1. The molecular formula is C16H26N4O. The SMILES string of the molecule is CCCNc1cccc(C(=O)N2CCCC2CN(C)C)n1. The number of likely N-dealkylation sites (tertiary alicyclic amines) is 1. The second-order valence-electron chi connectivity index (χ2n) is 5.89. The number of hydrogen-bond acceptors (Lipinski definition) is 4. The van der Waals surface area contributed by atoms with Crippen molar-refractivity contribution in [2.24, 2.45) is 0 Å². The minimum Gasteiger partial charge on any atom is -0.370 e. The van der Waals surface area contributed by atoms with Gasteiger partial charge in [-0.1, -0.05) is 13.0 Å². The molecule has 1 aromatic heterocycles. The summed E-state index contributed by atoms with van der Waals surface area (Å²) in [5, 5.41) is 3.23. The van der Waals surface area contributed by atoms with Gasteiger partial charge in [0.2, 0.25) is 0 Å². The average Bonchev–Trinajstić information content (AvgIpc) is 2.92. The second-order valence-corrected chi connectivity index (χ2v) is 5.89. The van der Waals surface area contributed by atoms with E-state index in [2.05, 4.69) is 36.2 Å². The number of pyridine rings is 1. The third-order valence-corrected chi connectivity index (χ3v) is 3.74. The van der Waals surface area contributed by atoms with Crippen molar-refractivity contribution in [1.29, 1.82) is 0 Å². The molecule has 2 heterocycles. The standard InChI is InChI=1S/C16H26N4O/c1-4-10-17-15-9-5-8-14(18-15)16(21)20-11-6-7-13(20)12-19(2)3/h5,8-9,13H,4,6-7,10-12H2,1-3H3,(H,17,18). The highest BCUT2D eigenvalue weighted by Gasteiger charge is 2.30. The van der Waals surface area contributed by atoms with Crippen LogP contribution in [0.1, 0.15) is 36.7 Å². The summed E-state index contributed by atoms with van der Waals surface area (Å²) < 4.78 is 0. The van der Waals surface area contributed by atoms with Crippen molar-refractivity contribution in [3.63, 3.8) is 0 Å². The van der Waals surface area contributed by atoms with Crippen molar-refractivity contribution in [3.8, 4) is 0 Å². The van der Waals surface area contributed by atoms with E-state index in [0.717, 1.165) is 44.7 Å². The van der Waals surface area contributed by atoms with E-state index in [1.807, 2.05) is 23.1 Å². The predicted octanol–water partition coefficient (Wildman–Crippen LogP) is 2.07. The van der Waals surface area contributed by atoms with E-state index in [-0.39, 0.29) is 5.91 Å². The van der Waals surface area contributed by atoms with Gasteiger partial charge in [0.25, 0.3) is 5.91 Å². The summed E-state index contributed by atoms with van der Waals surface area (Å²) in [5.74, 6) is 0.838. The number of anilines is 1. The Bertz CT molecular complexity index is 475. The molecule has 0 saturated carbocycles. The van der Waals surface area contributed by atoms with E-state index in [4.69, 9.17) is 0 Å². The van der Waals surface area contributed by atoms with Crippen LogP contribution in [-0.2, 0) is 0 Å². The van der Waals surface area contributed by atoms with Crippen molar-refractivity contribution < 1.29 is 4.79 Å². The number of carbonyl (C=O) groups excluding carboxylic acids is 1. The summed E-state index contributed by atoms with van der Waals surface area (Å²) in [6, 6.07) is 5.93. The van der Waals surface area contributed by atoms with Crippen molar-refractivity contribution in [3.05, 3.63) is 23.9 Å². The Morgan fingerprint density at radius 3 is 3.00 bits per heavy atom. The average molecular weight is 290 g/mol. The topological polar surface area (TPSA) is 48.5 Å². The van der Waals surface area contributed by atoms with Gasteiger partial charge in [0.05, 0.1) is 0 Å². The van der Waals surface area contributed by atoms with Crippen LogP contribution in [-0.4, -0.2) is 60.5 Å². The molecule has 0 bridgehead atoms. The Hall–Kier alpha value is -1.62. The van der Waals surface area contributed by atoms with Crippen molar-refractivity contribution in [1.82, 2.24) is 14.8 Å². The zero-order valence-electron chi connectivity index (χ0n) is 13.3. The lowest BCUT2D eigenvalue weighted by atomic mass is 10.2. The van der Waals surface area contributed by atoms with Gasteiger partial charge in [-0.25, -0.2) is 4.98 Å². The molecule has 1 amide bonds. The van der Waals surface area contributed by atoms with Crippen molar-refractivity contribution in [2.45, 2.75) is 32.2 Å². The number of rotatable bonds is 6. The molecule has 5 nitrogen and oxygen atoms in total. The quantitative estimate of drug-likeness (QED) is 0.871. The van der Waals surface area contributed by atoms with Gasteiger partial charge in [0.1, 0.15) is 11.5 Å². The van der Waals surface area contributed by atoms with E-state index in [9.17, 15) is 4.79 Å². The number of carbonyl (C=O) groups is 1. The van der Waals surface area contributed by atoms with Crippen LogP contribution < -0.4 is 5.32 Å². The third-order valence-electron chi connectivity index (χ3n) is 3.74. The molecule has 0 aromatic carbocycles. The van der Waals surface area contributed by atoms with Gasteiger partial charge in [0, 0.05) is 25.7 Å². The van der Waals surface area contributed by atoms with E-state index < -0.39 is 0 Å². The maximum absolute atomic E-state index is 12.7. The van der Waals surface area contributed by atoms with Gasteiger partial charge in [-0.3, -0.25) is 4.79 Å². The second kappa shape index (κ2) is 7.41. The molecule has 0 radical (unpaired) electrons. The first-order valence-electron chi connectivity index (χ1n) is 7.78. The summed E-state index contributed by atoms with van der Waals surface area (Å²) in [7, 11) is 4.10. The van der Waals surface area contributed by atoms with E-state index in [1.165, 1.54) is 0 Å². The molecule has 1 atom stereocenters. The number of aromatic nitrogens is 1. The molecule has 1 aliphatic heterocycles. The number of nitrogens with one attached hydrogen (secondary N) is 1. The highest BCUT2D eigenvalue weighted by Crippen LogP contribution is 2.20. The van der Waals surface area contributed by atoms with E-state index in [1.54, 1.807) is 0 Å². The fourth-order valence-electron chi connectivity index (χ4n) is 2.77. The molecule has 1 aliphatic rings. The Kier molecular flexibility index (Phi) is 5.56. The lowest BCUT2D eigenvalue weighted by Gasteiger charge is -2.27. The number of nitrogens with zero attached hydrogens (tertiary/aromatic N) is 3. The zero-order chi connectivity index (χ0) is 15.2. The zero-order valence-corrected chi connectivity index (χ0v) is 13.3. The normalized spacial score (nSPS) is 18.3. The Morgan fingerprint density at radius 1 is 1.48 bits per heavy atom. The summed E-state index contributed by atoms with van der Waals surface area (Å²) in [5.41, 5.74) is 0.543. The largest absolute Gasteiger partial charge is 0.370 e. The Labute approximate surface area is 127 Å². The first-order chi connectivity index (χ1) is 10.1. The van der Waals surface area contributed by atoms with Crippen LogP contribution >= 0.6 is 0 Å². The van der Waals surface area contributed by atoms with Gasteiger partial charge in [-0.05, 0) is 45.5 Å². The highest BCUT2D eigenvalue weighted by molar-refractivity contribution is 5.93. The Morgan fingerprint density at radius 2 is 2.29 bits per heavy atom. The van der Waals surface area contributed by atoms with Gasteiger partial charge in [-0.15, -0.1) is 0 Å². The molecule has 1 unspecified atom stereocenters. The van der Waals surface area contributed by atoms with Crippen LogP contribution in [0.4, 0.5) is 5.82 Å². The highest BCUT2D eigenvalue weighted by atomic mass is 16.2. The summed E-state index contributed by atoms with van der Waals surface area (Å²) in [6.07, 6.45) is 3.20. The summed E-state index contributed by atoms with van der Waals surface area (Å²) >= 11 is 0. The van der Waals surface area contributed by atoms with Crippen LogP contribution in [0.15, 0.2) is 18.2 Å². The van der Waals surface area contributed by atoms with Crippen molar-refractivity contribution in [2.75, 3.05) is 39.0 Å². The fraction of sp³-hybridized carbons (Fsp3) is 0.625. The van der Waals surface area contributed by atoms with Crippen LogP contribution in [0.25, 0.3) is 0 Å². The first kappa shape index (κ1) is 15.8. The molecule has 21 heavy (non-hydrogen) atoms. The van der Waals surface area contributed by atoms with Gasteiger partial charge in [-0.2, -0.15) is 0 Å². The maximum Gasteiger partial charge on any atom is 0.272 e. The number of likely N-dealkylation sites (N-methyl/N-ethyl adjacent to an activating group) is 1. The van der Waals surface area contributed by atoms with Crippen LogP contribution in [0, 0.1) is 0 Å². The molecule has 1 saturated heterocycles.